The Labute approximate surface area is 122 Å². The van der Waals surface area contributed by atoms with Gasteiger partial charge in [-0.05, 0) is 24.1 Å². The molecular weight excluding hydrogens is 266 g/mol. The molecule has 0 bridgehead atoms. The van der Waals surface area contributed by atoms with Crippen LogP contribution in [-0.4, -0.2) is 18.2 Å². The van der Waals surface area contributed by atoms with E-state index < -0.39 is 0 Å². The molecule has 1 heterocycles. The van der Waals surface area contributed by atoms with Crippen LogP contribution in [-0.2, 0) is 6.42 Å². The van der Waals surface area contributed by atoms with E-state index in [9.17, 15) is 4.79 Å². The first-order valence-corrected chi connectivity index (χ1v) is 7.74. The molecule has 2 nitrogen and oxygen atoms in total. The average Bonchev–Trinajstić information content (AvgIpc) is 2.98. The molecule has 0 fully saturated rings. The maximum Gasteiger partial charge on any atom is 0.169 e. The van der Waals surface area contributed by atoms with Crippen LogP contribution in [0.25, 0.3) is 0 Å². The number of hydrogen-bond acceptors (Lipinski definition) is 3. The van der Waals surface area contributed by atoms with Crippen molar-refractivity contribution in [2.75, 3.05) is 11.9 Å². The van der Waals surface area contributed by atoms with Gasteiger partial charge in [0.05, 0.1) is 17.0 Å². The molecule has 0 saturated carbocycles. The van der Waals surface area contributed by atoms with Crippen molar-refractivity contribution in [3.8, 4) is 0 Å². The largest absolute Gasteiger partial charge is 0.361 e. The van der Waals surface area contributed by atoms with Crippen molar-refractivity contribution in [2.24, 2.45) is 5.92 Å². The summed E-state index contributed by atoms with van der Waals surface area (Å²) in [5.41, 5.74) is 3.36. The number of anilines is 1. The van der Waals surface area contributed by atoms with Crippen LogP contribution in [0.15, 0.2) is 53.4 Å². The van der Waals surface area contributed by atoms with Crippen LogP contribution in [0.2, 0.25) is 0 Å². The van der Waals surface area contributed by atoms with E-state index in [1.807, 2.05) is 30.0 Å². The molecule has 2 aliphatic rings. The third-order valence-electron chi connectivity index (χ3n) is 4.28. The summed E-state index contributed by atoms with van der Waals surface area (Å²) in [4.78, 5) is 16.2. The minimum Gasteiger partial charge on any atom is -0.361 e. The van der Waals surface area contributed by atoms with Crippen molar-refractivity contribution in [3.05, 3.63) is 59.7 Å². The van der Waals surface area contributed by atoms with E-state index in [0.717, 1.165) is 12.0 Å². The molecular formula is C17H15NOS. The van der Waals surface area contributed by atoms with Gasteiger partial charge in [-0.3, -0.25) is 4.79 Å². The monoisotopic (exact) mass is 281 g/mol. The Hall–Kier alpha value is -1.74. The fraction of sp³-hybridized carbons (Fsp3) is 0.235. The molecule has 4 rings (SSSR count). The standard InChI is InChI=1S/C17H15NOS/c1-18-14-8-4-5-9-15(14)20-17(18)13-10-11-6-2-3-7-12(11)16(13)19/h2-9,13,17H,10H2,1H3. The van der Waals surface area contributed by atoms with Crippen LogP contribution >= 0.6 is 11.8 Å². The summed E-state index contributed by atoms with van der Waals surface area (Å²) in [5.74, 6) is 0.368. The lowest BCUT2D eigenvalue weighted by Gasteiger charge is -2.25. The van der Waals surface area contributed by atoms with E-state index in [-0.39, 0.29) is 11.3 Å². The molecule has 0 amide bonds. The topological polar surface area (TPSA) is 20.3 Å². The first-order valence-electron chi connectivity index (χ1n) is 6.86. The van der Waals surface area contributed by atoms with Gasteiger partial charge in [0, 0.05) is 17.5 Å². The Morgan fingerprint density at radius 3 is 2.65 bits per heavy atom. The number of fused-ring (bicyclic) bond motifs is 2. The zero-order chi connectivity index (χ0) is 13.7. The second-order valence-electron chi connectivity index (χ2n) is 5.42. The van der Waals surface area contributed by atoms with E-state index in [4.69, 9.17) is 0 Å². The maximum absolute atomic E-state index is 12.6. The Morgan fingerprint density at radius 2 is 1.85 bits per heavy atom. The number of para-hydroxylation sites is 1. The third kappa shape index (κ3) is 1.63. The van der Waals surface area contributed by atoms with Crippen LogP contribution in [0.1, 0.15) is 15.9 Å². The molecule has 0 N–H and O–H groups in total. The van der Waals surface area contributed by atoms with Gasteiger partial charge in [0.25, 0.3) is 0 Å². The third-order valence-corrected chi connectivity index (χ3v) is 5.76. The van der Waals surface area contributed by atoms with Crippen molar-refractivity contribution in [2.45, 2.75) is 16.7 Å². The number of nitrogens with zero attached hydrogens (tertiary/aromatic N) is 1. The van der Waals surface area contributed by atoms with Gasteiger partial charge in [-0.1, -0.05) is 48.2 Å². The highest BCUT2D eigenvalue weighted by Gasteiger charge is 2.41. The summed E-state index contributed by atoms with van der Waals surface area (Å²) in [6, 6.07) is 16.4. The summed E-state index contributed by atoms with van der Waals surface area (Å²) in [7, 11) is 2.10. The van der Waals surface area contributed by atoms with Gasteiger partial charge in [0.2, 0.25) is 0 Å². The van der Waals surface area contributed by atoms with E-state index >= 15 is 0 Å². The fourth-order valence-corrected chi connectivity index (χ4v) is 4.65. The number of Topliss-reactive ketones (excluding diaryl/α,β-unsaturated/α-hetero) is 1. The second-order valence-corrected chi connectivity index (χ2v) is 6.58. The molecule has 1 aliphatic heterocycles. The molecule has 100 valence electrons. The van der Waals surface area contributed by atoms with Gasteiger partial charge >= 0.3 is 0 Å². The molecule has 1 aliphatic carbocycles. The average molecular weight is 281 g/mol. The van der Waals surface area contributed by atoms with Crippen LogP contribution in [0.4, 0.5) is 5.69 Å². The van der Waals surface area contributed by atoms with Crippen molar-refractivity contribution in [1.29, 1.82) is 0 Å². The lowest BCUT2D eigenvalue weighted by molar-refractivity contribution is 0.0935. The molecule has 2 atom stereocenters. The van der Waals surface area contributed by atoms with Gasteiger partial charge in [0.15, 0.2) is 5.78 Å². The molecule has 0 saturated heterocycles. The highest BCUT2D eigenvalue weighted by atomic mass is 32.2. The van der Waals surface area contributed by atoms with E-state index in [0.29, 0.717) is 5.78 Å². The molecule has 3 heteroatoms. The first kappa shape index (κ1) is 12.0. The number of benzene rings is 2. The second kappa shape index (κ2) is 4.38. The Morgan fingerprint density at radius 1 is 1.10 bits per heavy atom. The van der Waals surface area contributed by atoms with Crippen molar-refractivity contribution < 1.29 is 4.79 Å². The molecule has 0 spiro atoms. The minimum atomic E-state index is 0.0646. The summed E-state index contributed by atoms with van der Waals surface area (Å²) in [5, 5.41) is 0.215. The van der Waals surface area contributed by atoms with E-state index in [1.54, 1.807) is 0 Å². The normalized spacial score (nSPS) is 23.9. The number of rotatable bonds is 1. The number of carbonyl (C=O) groups excluding carboxylic acids is 1. The zero-order valence-electron chi connectivity index (χ0n) is 11.2. The van der Waals surface area contributed by atoms with Gasteiger partial charge in [0.1, 0.15) is 0 Å². The predicted octanol–water partition coefficient (Wildman–Crippen LogP) is 3.61. The molecule has 20 heavy (non-hydrogen) atoms. The van der Waals surface area contributed by atoms with Crippen LogP contribution in [0, 0.1) is 5.92 Å². The highest BCUT2D eigenvalue weighted by Crippen LogP contribution is 2.47. The van der Waals surface area contributed by atoms with Gasteiger partial charge in [-0.2, -0.15) is 0 Å². The number of thioether (sulfide) groups is 1. The molecule has 2 unspecified atom stereocenters. The van der Waals surface area contributed by atoms with Gasteiger partial charge < -0.3 is 4.90 Å². The van der Waals surface area contributed by atoms with Crippen LogP contribution < -0.4 is 4.90 Å². The first-order chi connectivity index (χ1) is 9.75. The van der Waals surface area contributed by atoms with E-state index in [1.165, 1.54) is 16.1 Å². The molecule has 0 radical (unpaired) electrons. The Kier molecular flexibility index (Phi) is 2.64. The lowest BCUT2D eigenvalue weighted by atomic mass is 10.0. The quantitative estimate of drug-likeness (QED) is 0.796. The van der Waals surface area contributed by atoms with Crippen molar-refractivity contribution >= 4 is 23.2 Å². The van der Waals surface area contributed by atoms with Crippen LogP contribution in [0.3, 0.4) is 0 Å². The summed E-state index contributed by atoms with van der Waals surface area (Å²) in [6.07, 6.45) is 0.866. The smallest absolute Gasteiger partial charge is 0.169 e. The number of carbonyl (C=O) groups is 1. The van der Waals surface area contributed by atoms with E-state index in [2.05, 4.69) is 42.3 Å². The zero-order valence-corrected chi connectivity index (χ0v) is 12.1. The minimum absolute atomic E-state index is 0.0646. The van der Waals surface area contributed by atoms with Crippen molar-refractivity contribution in [3.63, 3.8) is 0 Å². The van der Waals surface area contributed by atoms with Gasteiger partial charge in [-0.15, -0.1) is 0 Å². The molecule has 0 aromatic heterocycles. The molecule has 2 aromatic rings. The SMILES string of the molecule is CN1c2ccccc2SC1C1Cc2ccccc2C1=O. The van der Waals surface area contributed by atoms with Gasteiger partial charge in [-0.25, -0.2) is 0 Å². The predicted molar refractivity (Wildman–Crippen MR) is 82.5 cm³/mol. The fourth-order valence-electron chi connectivity index (χ4n) is 3.24. The summed E-state index contributed by atoms with van der Waals surface area (Å²) >= 11 is 1.82. The lowest BCUT2D eigenvalue weighted by Crippen LogP contribution is -2.35. The summed E-state index contributed by atoms with van der Waals surface area (Å²) < 4.78 is 0. The Bertz CT molecular complexity index is 697. The summed E-state index contributed by atoms with van der Waals surface area (Å²) in [6.45, 7) is 0. The van der Waals surface area contributed by atoms with Crippen molar-refractivity contribution in [1.82, 2.24) is 0 Å². The maximum atomic E-state index is 12.6. The van der Waals surface area contributed by atoms with Crippen LogP contribution in [0.5, 0.6) is 0 Å². The highest BCUT2D eigenvalue weighted by molar-refractivity contribution is 8.00. The number of ketones is 1. The Balaban J connectivity index is 1.68. The number of hydrogen-bond donors (Lipinski definition) is 0. The molecule has 2 aromatic carbocycles.